The summed E-state index contributed by atoms with van der Waals surface area (Å²) >= 11 is 2.10. The van der Waals surface area contributed by atoms with Crippen LogP contribution in [0.25, 0.3) is 0 Å². The maximum atomic E-state index is 3.51. The molecule has 0 radical (unpaired) electrons. The summed E-state index contributed by atoms with van der Waals surface area (Å²) in [6.07, 6.45) is 1.41. The van der Waals surface area contributed by atoms with Crippen molar-refractivity contribution in [2.75, 3.05) is 31.1 Å². The van der Waals surface area contributed by atoms with E-state index in [0.29, 0.717) is 6.04 Å². The van der Waals surface area contributed by atoms with E-state index in [2.05, 4.69) is 36.2 Å². The Hall–Kier alpha value is 0.270. The van der Waals surface area contributed by atoms with Crippen LogP contribution >= 0.6 is 11.8 Å². The Bertz CT molecular complexity index is 122. The zero-order chi connectivity index (χ0) is 9.52. The molecule has 0 aromatic heterocycles. The number of thioether (sulfide) groups is 1. The van der Waals surface area contributed by atoms with Crippen molar-refractivity contribution in [1.29, 1.82) is 0 Å². The van der Waals surface area contributed by atoms with E-state index in [9.17, 15) is 0 Å². The first-order valence-corrected chi connectivity index (χ1v) is 6.46. The van der Waals surface area contributed by atoms with Gasteiger partial charge in [-0.2, -0.15) is 11.8 Å². The summed E-state index contributed by atoms with van der Waals surface area (Å²) in [5, 5.41) is 6.91. The van der Waals surface area contributed by atoms with Gasteiger partial charge in [0.1, 0.15) is 0 Å². The summed E-state index contributed by atoms with van der Waals surface area (Å²) in [4.78, 5) is 0. The van der Waals surface area contributed by atoms with Crippen molar-refractivity contribution in [2.45, 2.75) is 26.3 Å². The highest BCUT2D eigenvalue weighted by Crippen LogP contribution is 2.22. The van der Waals surface area contributed by atoms with E-state index in [0.717, 1.165) is 19.0 Å². The maximum Gasteiger partial charge on any atom is 0.00790 e. The lowest BCUT2D eigenvalue weighted by molar-refractivity contribution is 0.499. The van der Waals surface area contributed by atoms with Crippen LogP contribution in [0.1, 0.15) is 20.3 Å². The molecule has 0 aromatic rings. The minimum atomic E-state index is 0.615. The largest absolute Gasteiger partial charge is 0.315 e. The molecule has 0 aliphatic carbocycles. The van der Waals surface area contributed by atoms with E-state index in [1.54, 1.807) is 0 Å². The molecule has 1 unspecified atom stereocenters. The lowest BCUT2D eigenvalue weighted by Gasteiger charge is -2.11. The van der Waals surface area contributed by atoms with Crippen molar-refractivity contribution < 1.29 is 0 Å². The van der Waals surface area contributed by atoms with Gasteiger partial charge in [-0.25, -0.2) is 0 Å². The van der Waals surface area contributed by atoms with E-state index in [1.807, 2.05) is 0 Å². The number of nitrogens with one attached hydrogen (secondary N) is 2. The first-order valence-electron chi connectivity index (χ1n) is 5.31. The van der Waals surface area contributed by atoms with Gasteiger partial charge in [0.2, 0.25) is 0 Å². The van der Waals surface area contributed by atoms with Crippen LogP contribution in [0, 0.1) is 5.92 Å². The third kappa shape index (κ3) is 5.55. The molecule has 1 fully saturated rings. The molecule has 2 N–H and O–H groups in total. The van der Waals surface area contributed by atoms with Crippen LogP contribution in [-0.4, -0.2) is 37.2 Å². The Kier molecular flexibility index (Phi) is 5.83. The average Bonchev–Trinajstić information content (AvgIpc) is 2.55. The van der Waals surface area contributed by atoms with Crippen molar-refractivity contribution in [1.82, 2.24) is 10.6 Å². The molecule has 78 valence electrons. The maximum absolute atomic E-state index is 3.51. The molecule has 1 saturated heterocycles. The molecule has 0 saturated carbocycles. The minimum absolute atomic E-state index is 0.615. The van der Waals surface area contributed by atoms with Crippen molar-refractivity contribution in [3.63, 3.8) is 0 Å². The molecule has 1 atom stereocenters. The van der Waals surface area contributed by atoms with Gasteiger partial charge >= 0.3 is 0 Å². The highest BCUT2D eigenvalue weighted by molar-refractivity contribution is 7.99. The van der Waals surface area contributed by atoms with E-state index in [-0.39, 0.29) is 0 Å². The second-order valence-electron chi connectivity index (χ2n) is 4.04. The van der Waals surface area contributed by atoms with Crippen LogP contribution in [0.5, 0.6) is 0 Å². The smallest absolute Gasteiger partial charge is 0.00790 e. The lowest BCUT2D eigenvalue weighted by atomic mass is 10.1. The first-order chi connectivity index (χ1) is 6.29. The zero-order valence-corrected chi connectivity index (χ0v) is 9.62. The quantitative estimate of drug-likeness (QED) is 0.635. The van der Waals surface area contributed by atoms with E-state index < -0.39 is 0 Å². The fourth-order valence-electron chi connectivity index (χ4n) is 1.50. The van der Waals surface area contributed by atoms with E-state index in [1.165, 1.54) is 24.5 Å². The third-order valence-electron chi connectivity index (χ3n) is 2.31. The van der Waals surface area contributed by atoms with Gasteiger partial charge in [-0.05, 0) is 30.4 Å². The highest BCUT2D eigenvalue weighted by Gasteiger charge is 2.14. The van der Waals surface area contributed by atoms with Gasteiger partial charge in [-0.3, -0.25) is 0 Å². The van der Waals surface area contributed by atoms with E-state index >= 15 is 0 Å². The second kappa shape index (κ2) is 6.68. The standard InChI is InChI=1S/C10H22N2S/c1-9(2)12-5-4-11-7-10-3-6-13-8-10/h9-12H,3-8H2,1-2H3. The summed E-state index contributed by atoms with van der Waals surface area (Å²) in [7, 11) is 0. The second-order valence-corrected chi connectivity index (χ2v) is 5.19. The van der Waals surface area contributed by atoms with Crippen molar-refractivity contribution in [3.05, 3.63) is 0 Å². The molecule has 1 aliphatic heterocycles. The van der Waals surface area contributed by atoms with Crippen molar-refractivity contribution in [2.24, 2.45) is 5.92 Å². The number of rotatable bonds is 6. The highest BCUT2D eigenvalue weighted by atomic mass is 32.2. The summed E-state index contributed by atoms with van der Waals surface area (Å²) in [5.74, 6) is 3.67. The summed E-state index contributed by atoms with van der Waals surface area (Å²) in [6.45, 7) is 7.80. The molecular weight excluding hydrogens is 180 g/mol. The van der Waals surface area contributed by atoms with Crippen LogP contribution in [-0.2, 0) is 0 Å². The molecule has 1 rings (SSSR count). The van der Waals surface area contributed by atoms with Crippen LogP contribution in [0.4, 0.5) is 0 Å². The van der Waals surface area contributed by atoms with Crippen LogP contribution in [0.15, 0.2) is 0 Å². The molecule has 13 heavy (non-hydrogen) atoms. The molecule has 2 nitrogen and oxygen atoms in total. The lowest BCUT2D eigenvalue weighted by Crippen LogP contribution is -2.33. The molecule has 0 aromatic carbocycles. The van der Waals surface area contributed by atoms with Crippen molar-refractivity contribution >= 4 is 11.8 Å². The fraction of sp³-hybridized carbons (Fsp3) is 1.00. The molecule has 1 heterocycles. The SMILES string of the molecule is CC(C)NCCNCC1CCSC1. The summed E-state index contributed by atoms with van der Waals surface area (Å²) < 4.78 is 0. The van der Waals surface area contributed by atoms with Crippen LogP contribution < -0.4 is 10.6 Å². The topological polar surface area (TPSA) is 24.1 Å². The molecule has 3 heteroatoms. The Morgan fingerprint density at radius 1 is 1.38 bits per heavy atom. The normalized spacial score (nSPS) is 22.8. The van der Waals surface area contributed by atoms with Crippen LogP contribution in [0.2, 0.25) is 0 Å². The fourth-order valence-corrected chi connectivity index (χ4v) is 2.78. The predicted molar refractivity (Wildman–Crippen MR) is 61.4 cm³/mol. The van der Waals surface area contributed by atoms with Gasteiger partial charge in [0.15, 0.2) is 0 Å². The van der Waals surface area contributed by atoms with Gasteiger partial charge in [-0.15, -0.1) is 0 Å². The zero-order valence-electron chi connectivity index (χ0n) is 8.81. The minimum Gasteiger partial charge on any atom is -0.315 e. The molecule has 1 aliphatic rings. The summed E-state index contributed by atoms with van der Waals surface area (Å²) in [5.41, 5.74) is 0. The summed E-state index contributed by atoms with van der Waals surface area (Å²) in [6, 6.07) is 0.615. The van der Waals surface area contributed by atoms with Gasteiger partial charge < -0.3 is 10.6 Å². The van der Waals surface area contributed by atoms with Gasteiger partial charge in [0, 0.05) is 19.1 Å². The monoisotopic (exact) mass is 202 g/mol. The molecule has 0 bridgehead atoms. The van der Waals surface area contributed by atoms with Gasteiger partial charge in [0.25, 0.3) is 0 Å². The molecule has 0 amide bonds. The first kappa shape index (κ1) is 11.3. The molecule has 0 spiro atoms. The van der Waals surface area contributed by atoms with E-state index in [4.69, 9.17) is 0 Å². The number of hydrogen-bond acceptors (Lipinski definition) is 3. The van der Waals surface area contributed by atoms with Crippen LogP contribution in [0.3, 0.4) is 0 Å². The average molecular weight is 202 g/mol. The van der Waals surface area contributed by atoms with Crippen molar-refractivity contribution in [3.8, 4) is 0 Å². The van der Waals surface area contributed by atoms with Gasteiger partial charge in [0.05, 0.1) is 0 Å². The Morgan fingerprint density at radius 3 is 2.85 bits per heavy atom. The Labute approximate surface area is 86.2 Å². The van der Waals surface area contributed by atoms with Gasteiger partial charge in [-0.1, -0.05) is 13.8 Å². The Morgan fingerprint density at radius 2 is 2.23 bits per heavy atom. The predicted octanol–water partition coefficient (Wildman–Crippen LogP) is 1.33. The number of hydrogen-bond donors (Lipinski definition) is 2. The molecular formula is C10H22N2S. The Balaban J connectivity index is 1.83. The third-order valence-corrected chi connectivity index (χ3v) is 3.54.